The van der Waals surface area contributed by atoms with E-state index in [1.165, 1.54) is 5.56 Å². The third kappa shape index (κ3) is 7.56. The lowest BCUT2D eigenvalue weighted by molar-refractivity contribution is -0.154. The van der Waals surface area contributed by atoms with Gasteiger partial charge in [-0.3, -0.25) is 4.79 Å². The largest absolute Gasteiger partial charge is 0.460 e. The van der Waals surface area contributed by atoms with Crippen LogP contribution in [-0.2, 0) is 9.53 Å². The number of benzene rings is 1. The Morgan fingerprint density at radius 1 is 1.17 bits per heavy atom. The number of fused-ring (bicyclic) bond motifs is 2. The topological polar surface area (TPSA) is 103 Å². The van der Waals surface area contributed by atoms with E-state index in [9.17, 15) is 14.7 Å². The number of aryl methyl sites for hydroxylation is 1. The second kappa shape index (κ2) is 11.9. The summed E-state index contributed by atoms with van der Waals surface area (Å²) >= 11 is 0. The first-order valence-electron chi connectivity index (χ1n) is 13.0. The van der Waals surface area contributed by atoms with Crippen LogP contribution in [0.3, 0.4) is 0 Å². The maximum atomic E-state index is 11.9. The number of aliphatic hydroxyl groups excluding tert-OH is 1. The summed E-state index contributed by atoms with van der Waals surface area (Å²) in [5, 5.41) is 15.7. The van der Waals surface area contributed by atoms with Crippen molar-refractivity contribution >= 4 is 29.1 Å². The van der Waals surface area contributed by atoms with E-state index in [0.717, 1.165) is 61.9 Å². The second-order valence-electron chi connectivity index (χ2n) is 11.0. The molecular formula is C28H42N4O4. The smallest absolute Gasteiger partial charge is 0.321 e. The lowest BCUT2D eigenvalue weighted by Gasteiger charge is -2.29. The van der Waals surface area contributed by atoms with Gasteiger partial charge in [-0.05, 0) is 76.1 Å². The van der Waals surface area contributed by atoms with Crippen LogP contribution in [0, 0.1) is 6.92 Å². The number of urea groups is 1. The molecule has 2 aliphatic heterocycles. The average molecular weight is 499 g/mol. The molecule has 8 nitrogen and oxygen atoms in total. The van der Waals surface area contributed by atoms with Crippen molar-refractivity contribution in [2.75, 3.05) is 19.0 Å². The van der Waals surface area contributed by atoms with Crippen molar-refractivity contribution in [3.63, 3.8) is 0 Å². The molecule has 1 fully saturated rings. The molecule has 0 aliphatic carbocycles. The molecular weight excluding hydrogens is 456 g/mol. The lowest BCUT2D eigenvalue weighted by atomic mass is 9.86. The first-order valence-corrected chi connectivity index (χ1v) is 13.0. The second-order valence-corrected chi connectivity index (χ2v) is 11.0. The number of allylic oxidation sites excluding steroid dienone is 1. The van der Waals surface area contributed by atoms with Crippen LogP contribution in [0.25, 0.3) is 0 Å². The summed E-state index contributed by atoms with van der Waals surface area (Å²) in [6, 6.07) is 3.88. The number of aliphatic imine (C=N–C) groups is 1. The van der Waals surface area contributed by atoms with Crippen LogP contribution in [0.5, 0.6) is 0 Å². The minimum atomic E-state index is -1.14. The van der Waals surface area contributed by atoms with Crippen molar-refractivity contribution in [2.45, 2.75) is 96.8 Å². The Labute approximate surface area is 215 Å². The number of hydrogen-bond donors (Lipinski definition) is 3. The fraction of sp³-hybridized carbons (Fsp3) is 0.607. The number of rotatable bonds is 9. The van der Waals surface area contributed by atoms with Crippen LogP contribution in [0.2, 0.25) is 0 Å². The molecule has 3 N–H and O–H groups in total. The van der Waals surface area contributed by atoms with Gasteiger partial charge < -0.3 is 25.4 Å². The van der Waals surface area contributed by atoms with Gasteiger partial charge in [0.05, 0.1) is 11.4 Å². The number of carbonyl (C=O) groups is 2. The highest BCUT2D eigenvalue weighted by Gasteiger charge is 2.29. The Kier molecular flexibility index (Phi) is 9.17. The molecule has 2 unspecified atom stereocenters. The molecule has 8 heteroatoms. The summed E-state index contributed by atoms with van der Waals surface area (Å²) < 4.78 is 5.38. The summed E-state index contributed by atoms with van der Waals surface area (Å²) in [5.74, 6) is 0.131. The zero-order valence-electron chi connectivity index (χ0n) is 22.6. The molecule has 2 atom stereocenters. The van der Waals surface area contributed by atoms with Gasteiger partial charge >= 0.3 is 12.0 Å². The van der Waals surface area contributed by atoms with Crippen molar-refractivity contribution in [1.82, 2.24) is 10.6 Å². The number of carbonyl (C=O) groups excluding carboxylic acids is 2. The Hall–Kier alpha value is -2.87. The van der Waals surface area contributed by atoms with E-state index in [1.54, 1.807) is 0 Å². The molecule has 198 valence electrons. The Morgan fingerprint density at radius 2 is 1.86 bits per heavy atom. The summed E-state index contributed by atoms with van der Waals surface area (Å²) in [6.07, 6.45) is 8.19. The Bertz CT molecular complexity index is 1020. The van der Waals surface area contributed by atoms with Crippen LogP contribution >= 0.6 is 0 Å². The molecule has 2 heterocycles. The van der Waals surface area contributed by atoms with Crippen molar-refractivity contribution in [1.29, 1.82) is 0 Å². The van der Waals surface area contributed by atoms with Gasteiger partial charge in [-0.25, -0.2) is 9.79 Å². The van der Waals surface area contributed by atoms with Gasteiger partial charge in [-0.15, -0.1) is 0 Å². The van der Waals surface area contributed by atoms with Crippen molar-refractivity contribution in [3.05, 3.63) is 35.0 Å². The number of ether oxygens (including phenoxy) is 1. The van der Waals surface area contributed by atoms with Gasteiger partial charge in [0.2, 0.25) is 0 Å². The van der Waals surface area contributed by atoms with Gasteiger partial charge in [0.25, 0.3) is 0 Å². The first kappa shape index (κ1) is 27.7. The predicted molar refractivity (Wildman–Crippen MR) is 144 cm³/mol. The maximum absolute atomic E-state index is 11.9. The highest BCUT2D eigenvalue weighted by Crippen LogP contribution is 2.40. The van der Waals surface area contributed by atoms with Crippen molar-refractivity contribution in [2.24, 2.45) is 4.99 Å². The number of amides is 2. The van der Waals surface area contributed by atoms with Crippen LogP contribution in [0.4, 0.5) is 16.2 Å². The van der Waals surface area contributed by atoms with E-state index in [-0.39, 0.29) is 11.9 Å². The van der Waals surface area contributed by atoms with Crippen LogP contribution in [-0.4, -0.2) is 48.7 Å². The summed E-state index contributed by atoms with van der Waals surface area (Å²) in [7, 11) is 4.08. The third-order valence-electron chi connectivity index (χ3n) is 6.52. The zero-order valence-corrected chi connectivity index (χ0v) is 22.6. The van der Waals surface area contributed by atoms with E-state index in [1.807, 2.05) is 40.9 Å². The van der Waals surface area contributed by atoms with Crippen LogP contribution in [0.15, 0.2) is 28.9 Å². The summed E-state index contributed by atoms with van der Waals surface area (Å²) in [5.41, 5.74) is 4.88. The van der Waals surface area contributed by atoms with Gasteiger partial charge in [-0.1, -0.05) is 31.8 Å². The molecule has 3 rings (SSSR count). The number of aliphatic hydroxyl groups is 1. The average Bonchev–Trinajstić information content (AvgIpc) is 2.75. The quantitative estimate of drug-likeness (QED) is 0.320. The highest BCUT2D eigenvalue weighted by molar-refractivity contribution is 6.10. The van der Waals surface area contributed by atoms with Gasteiger partial charge in [0, 0.05) is 26.2 Å². The van der Waals surface area contributed by atoms with Gasteiger partial charge in [0.15, 0.2) is 6.23 Å². The number of anilines is 1. The van der Waals surface area contributed by atoms with E-state index in [0.29, 0.717) is 17.8 Å². The third-order valence-corrected chi connectivity index (χ3v) is 6.52. The monoisotopic (exact) mass is 498 g/mol. The SMILES string of the molecule is Cc1cc2c(cc1N(C)C)C(CCCCCCCC(=O)OC(C)(C)C)C/C=C1\NC(=O)NC(O)C1=N2. The Balaban J connectivity index is 1.66. The van der Waals surface area contributed by atoms with Crippen molar-refractivity contribution < 1.29 is 19.4 Å². The predicted octanol–water partition coefficient (Wildman–Crippen LogP) is 5.21. The minimum Gasteiger partial charge on any atom is -0.460 e. The molecule has 0 spiro atoms. The molecule has 0 radical (unpaired) electrons. The lowest BCUT2D eigenvalue weighted by Crippen LogP contribution is -2.54. The molecule has 36 heavy (non-hydrogen) atoms. The van der Waals surface area contributed by atoms with E-state index in [2.05, 4.69) is 34.6 Å². The van der Waals surface area contributed by atoms with E-state index >= 15 is 0 Å². The molecule has 0 bridgehead atoms. The number of nitrogens with zero attached hydrogens (tertiary/aromatic N) is 2. The van der Waals surface area contributed by atoms with Crippen LogP contribution < -0.4 is 15.5 Å². The molecule has 0 aromatic heterocycles. The van der Waals surface area contributed by atoms with E-state index in [4.69, 9.17) is 9.73 Å². The van der Waals surface area contributed by atoms with E-state index < -0.39 is 17.9 Å². The maximum Gasteiger partial charge on any atom is 0.321 e. The fourth-order valence-electron chi connectivity index (χ4n) is 4.82. The minimum absolute atomic E-state index is 0.122. The molecule has 2 amide bonds. The molecule has 1 aromatic carbocycles. The van der Waals surface area contributed by atoms with Gasteiger partial charge in [-0.2, -0.15) is 0 Å². The standard InChI is InChI=1S/C28H42N4O4/c1-18-16-22-20(17-23(18)32(5)6)19(14-15-21-25(29-22)26(34)31-27(35)30-21)12-10-8-7-9-11-13-24(33)36-28(2,3)4/h15-17,19,26,34H,7-14H2,1-6H3,(H2,30,31,35)/b21-15-,29-25?. The van der Waals surface area contributed by atoms with Gasteiger partial charge in [0.1, 0.15) is 11.3 Å². The summed E-state index contributed by atoms with van der Waals surface area (Å²) in [4.78, 5) is 30.7. The number of nitrogens with one attached hydrogen (secondary N) is 2. The van der Waals surface area contributed by atoms with Crippen LogP contribution in [0.1, 0.15) is 89.2 Å². The molecule has 1 aromatic rings. The first-order chi connectivity index (χ1) is 16.9. The normalized spacial score (nSPS) is 20.9. The summed E-state index contributed by atoms with van der Waals surface area (Å²) in [6.45, 7) is 7.74. The Morgan fingerprint density at radius 3 is 2.56 bits per heavy atom. The molecule has 0 saturated carbocycles. The zero-order chi connectivity index (χ0) is 26.5. The highest BCUT2D eigenvalue weighted by atomic mass is 16.6. The molecule has 1 saturated heterocycles. The molecule has 2 aliphatic rings. The number of unbranched alkanes of at least 4 members (excludes halogenated alkanes) is 4. The van der Waals surface area contributed by atoms with Crippen molar-refractivity contribution in [3.8, 4) is 0 Å². The fourth-order valence-corrected chi connectivity index (χ4v) is 4.82. The number of hydrogen-bond acceptors (Lipinski definition) is 6. The number of esters is 1.